The van der Waals surface area contributed by atoms with Crippen LogP contribution < -0.4 is 5.32 Å². The van der Waals surface area contributed by atoms with Crippen molar-refractivity contribution in [3.05, 3.63) is 0 Å². The monoisotopic (exact) mass is 223 g/mol. The van der Waals surface area contributed by atoms with Crippen LogP contribution in [0.1, 0.15) is 12.8 Å². The Morgan fingerprint density at radius 2 is 2.14 bits per heavy atom. The third-order valence-electron chi connectivity index (χ3n) is 2.40. The van der Waals surface area contributed by atoms with Gasteiger partial charge in [-0.1, -0.05) is 0 Å². The summed E-state index contributed by atoms with van der Waals surface area (Å²) in [4.78, 5) is 0. The van der Waals surface area contributed by atoms with Gasteiger partial charge >= 0.3 is 0 Å². The van der Waals surface area contributed by atoms with Crippen molar-refractivity contribution in [1.29, 1.82) is 0 Å². The zero-order valence-corrected chi connectivity index (χ0v) is 8.83. The zero-order chi connectivity index (χ0) is 10.6. The minimum absolute atomic E-state index is 0.00229. The maximum Gasteiger partial charge on any atom is 0.151 e. The maximum absolute atomic E-state index is 11.1. The minimum Gasteiger partial charge on any atom is -0.396 e. The van der Waals surface area contributed by atoms with E-state index in [-0.39, 0.29) is 36.8 Å². The molecule has 1 heterocycles. The van der Waals surface area contributed by atoms with Gasteiger partial charge in [-0.15, -0.1) is 0 Å². The van der Waals surface area contributed by atoms with E-state index < -0.39 is 9.84 Å². The van der Waals surface area contributed by atoms with Crippen LogP contribution in [0.4, 0.5) is 0 Å². The molecule has 0 aliphatic carbocycles. The van der Waals surface area contributed by atoms with E-state index in [9.17, 15) is 8.42 Å². The third-order valence-corrected chi connectivity index (χ3v) is 4.17. The van der Waals surface area contributed by atoms with Gasteiger partial charge in [-0.05, 0) is 12.8 Å². The number of hydrogen-bond donors (Lipinski definition) is 3. The van der Waals surface area contributed by atoms with Crippen molar-refractivity contribution in [2.75, 3.05) is 24.7 Å². The molecule has 0 bridgehead atoms. The summed E-state index contributed by atoms with van der Waals surface area (Å²) < 4.78 is 22.2. The number of aliphatic hydroxyl groups excluding tert-OH is 2. The van der Waals surface area contributed by atoms with Crippen LogP contribution in [0.2, 0.25) is 0 Å². The summed E-state index contributed by atoms with van der Waals surface area (Å²) in [6.07, 6.45) is 1.05. The van der Waals surface area contributed by atoms with Gasteiger partial charge in [-0.3, -0.25) is 0 Å². The van der Waals surface area contributed by atoms with Gasteiger partial charge < -0.3 is 15.5 Å². The van der Waals surface area contributed by atoms with Gasteiger partial charge in [0.1, 0.15) is 0 Å². The molecule has 0 aromatic rings. The average molecular weight is 223 g/mol. The summed E-state index contributed by atoms with van der Waals surface area (Å²) in [6, 6.07) is -0.262. The standard InChI is InChI=1S/C8H17NO4S/c10-3-1-7(5-11)9-8-2-4-14(12,13)6-8/h7-11H,1-6H2. The van der Waals surface area contributed by atoms with Gasteiger partial charge in [0.2, 0.25) is 0 Å². The van der Waals surface area contributed by atoms with Crippen LogP contribution in [0.25, 0.3) is 0 Å². The summed E-state index contributed by atoms with van der Waals surface area (Å²) in [5.74, 6) is 0.372. The van der Waals surface area contributed by atoms with Gasteiger partial charge in [-0.2, -0.15) is 0 Å². The van der Waals surface area contributed by atoms with Gasteiger partial charge in [0.05, 0.1) is 18.1 Å². The molecule has 0 saturated carbocycles. The van der Waals surface area contributed by atoms with Crippen LogP contribution >= 0.6 is 0 Å². The van der Waals surface area contributed by atoms with Crippen LogP contribution in [0.3, 0.4) is 0 Å². The average Bonchev–Trinajstić information content (AvgIpc) is 2.45. The number of sulfone groups is 1. The predicted molar refractivity (Wildman–Crippen MR) is 52.8 cm³/mol. The molecule has 2 atom stereocenters. The van der Waals surface area contributed by atoms with E-state index in [2.05, 4.69) is 5.32 Å². The molecule has 0 spiro atoms. The molecule has 2 unspecified atom stereocenters. The molecule has 1 aliphatic heterocycles. The van der Waals surface area contributed by atoms with E-state index in [0.29, 0.717) is 12.8 Å². The lowest BCUT2D eigenvalue weighted by molar-refractivity contribution is 0.193. The summed E-state index contributed by atoms with van der Waals surface area (Å²) in [5, 5.41) is 20.6. The van der Waals surface area contributed by atoms with Crippen molar-refractivity contribution < 1.29 is 18.6 Å². The van der Waals surface area contributed by atoms with E-state index >= 15 is 0 Å². The molecule has 1 aliphatic rings. The van der Waals surface area contributed by atoms with E-state index in [1.54, 1.807) is 0 Å². The normalized spacial score (nSPS) is 27.7. The zero-order valence-electron chi connectivity index (χ0n) is 8.02. The Balaban J connectivity index is 2.37. The molecule has 14 heavy (non-hydrogen) atoms. The maximum atomic E-state index is 11.1. The van der Waals surface area contributed by atoms with Crippen LogP contribution in [-0.2, 0) is 9.84 Å². The van der Waals surface area contributed by atoms with Crippen molar-refractivity contribution in [3.8, 4) is 0 Å². The first-order chi connectivity index (χ1) is 6.57. The molecular weight excluding hydrogens is 206 g/mol. The molecule has 0 amide bonds. The fourth-order valence-corrected chi connectivity index (χ4v) is 3.33. The van der Waals surface area contributed by atoms with Gasteiger partial charge in [-0.25, -0.2) is 8.42 Å². The molecule has 1 fully saturated rings. The highest BCUT2D eigenvalue weighted by atomic mass is 32.2. The SMILES string of the molecule is O=S1(=O)CCC(NC(CO)CCO)C1. The fraction of sp³-hybridized carbons (Fsp3) is 1.00. The molecule has 3 N–H and O–H groups in total. The highest BCUT2D eigenvalue weighted by molar-refractivity contribution is 7.91. The lowest BCUT2D eigenvalue weighted by Crippen LogP contribution is -2.41. The highest BCUT2D eigenvalue weighted by Gasteiger charge is 2.28. The van der Waals surface area contributed by atoms with Gasteiger partial charge in [0.15, 0.2) is 9.84 Å². The molecule has 1 saturated heterocycles. The largest absolute Gasteiger partial charge is 0.396 e. The molecule has 6 heteroatoms. The lowest BCUT2D eigenvalue weighted by Gasteiger charge is -2.19. The van der Waals surface area contributed by atoms with Crippen LogP contribution in [0.15, 0.2) is 0 Å². The summed E-state index contributed by atoms with van der Waals surface area (Å²) in [5.41, 5.74) is 0. The molecule has 0 aromatic heterocycles. The Hall–Kier alpha value is -0.170. The summed E-state index contributed by atoms with van der Waals surface area (Å²) >= 11 is 0. The fourth-order valence-electron chi connectivity index (χ4n) is 1.64. The Morgan fingerprint density at radius 3 is 2.57 bits per heavy atom. The van der Waals surface area contributed by atoms with Crippen LogP contribution in [0, 0.1) is 0 Å². The van der Waals surface area contributed by atoms with Crippen molar-refractivity contribution in [2.24, 2.45) is 0 Å². The smallest absolute Gasteiger partial charge is 0.151 e. The highest BCUT2D eigenvalue weighted by Crippen LogP contribution is 2.12. The topological polar surface area (TPSA) is 86.6 Å². The van der Waals surface area contributed by atoms with Crippen molar-refractivity contribution in [2.45, 2.75) is 24.9 Å². The van der Waals surface area contributed by atoms with Crippen molar-refractivity contribution in [1.82, 2.24) is 5.32 Å². The first-order valence-electron chi connectivity index (χ1n) is 4.75. The molecule has 0 aromatic carbocycles. The van der Waals surface area contributed by atoms with E-state index in [0.717, 1.165) is 0 Å². The second-order valence-corrected chi connectivity index (χ2v) is 5.89. The number of rotatable bonds is 5. The van der Waals surface area contributed by atoms with Gasteiger partial charge in [0.25, 0.3) is 0 Å². The Morgan fingerprint density at radius 1 is 1.43 bits per heavy atom. The third kappa shape index (κ3) is 3.53. The molecule has 84 valence electrons. The van der Waals surface area contributed by atoms with E-state index in [4.69, 9.17) is 10.2 Å². The quantitative estimate of drug-likeness (QED) is 0.528. The Bertz CT molecular complexity index is 265. The second-order valence-electron chi connectivity index (χ2n) is 3.66. The molecule has 0 radical (unpaired) electrons. The van der Waals surface area contributed by atoms with Crippen molar-refractivity contribution in [3.63, 3.8) is 0 Å². The van der Waals surface area contributed by atoms with Crippen LogP contribution in [0.5, 0.6) is 0 Å². The van der Waals surface area contributed by atoms with Crippen molar-refractivity contribution >= 4 is 9.84 Å². The molecular formula is C8H17NO4S. The van der Waals surface area contributed by atoms with E-state index in [1.807, 2.05) is 0 Å². The summed E-state index contributed by atoms with van der Waals surface area (Å²) in [6.45, 7) is -0.0746. The van der Waals surface area contributed by atoms with E-state index in [1.165, 1.54) is 0 Å². The number of aliphatic hydroxyl groups is 2. The second kappa shape index (κ2) is 5.06. The van der Waals surface area contributed by atoms with Gasteiger partial charge in [0, 0.05) is 18.7 Å². The number of hydrogen-bond acceptors (Lipinski definition) is 5. The molecule has 5 nitrogen and oxygen atoms in total. The number of nitrogens with one attached hydrogen (secondary N) is 1. The van der Waals surface area contributed by atoms with Crippen LogP contribution in [-0.4, -0.2) is 55.4 Å². The predicted octanol–water partition coefficient (Wildman–Crippen LogP) is -1.49. The first-order valence-corrected chi connectivity index (χ1v) is 6.57. The summed E-state index contributed by atoms with van der Waals surface area (Å²) in [7, 11) is -2.87. The minimum atomic E-state index is -2.87. The Labute approximate surface area is 84.1 Å². The Kier molecular flexibility index (Phi) is 4.31. The first kappa shape index (κ1) is 11.9. The lowest BCUT2D eigenvalue weighted by atomic mass is 10.2. The molecule has 1 rings (SSSR count).